The molecular formula is C12H13BrN4O2. The van der Waals surface area contributed by atoms with E-state index in [2.05, 4.69) is 31.4 Å². The molecule has 7 heteroatoms. The third-order valence-corrected chi connectivity index (χ3v) is 3.11. The zero-order valence-corrected chi connectivity index (χ0v) is 12.0. The second-order valence-electron chi connectivity index (χ2n) is 3.91. The van der Waals surface area contributed by atoms with Crippen LogP contribution in [0.2, 0.25) is 0 Å². The summed E-state index contributed by atoms with van der Waals surface area (Å²) in [6, 6.07) is 5.33. The molecule has 1 amide bonds. The molecule has 0 aliphatic heterocycles. The Morgan fingerprint density at radius 2 is 2.26 bits per heavy atom. The van der Waals surface area contributed by atoms with E-state index in [1.54, 1.807) is 19.1 Å². The van der Waals surface area contributed by atoms with Gasteiger partial charge >= 0.3 is 0 Å². The number of hydrogen-bond donors (Lipinski definition) is 3. The van der Waals surface area contributed by atoms with Crippen molar-refractivity contribution < 1.29 is 9.53 Å². The second-order valence-corrected chi connectivity index (χ2v) is 4.82. The van der Waals surface area contributed by atoms with Crippen molar-refractivity contribution in [2.75, 3.05) is 18.2 Å². The number of nitrogens with two attached hydrogens (primary N) is 1. The van der Waals surface area contributed by atoms with Gasteiger partial charge in [0.05, 0.1) is 12.8 Å². The number of nitrogens with zero attached hydrogens (tertiary/aromatic N) is 1. The standard InChI is InChI=1S/C12H13BrN4O2/c1-6-10(11(14)17-16-6)12(18)15-8-5-7(13)3-4-9(8)19-2/h3-5H,1-2H3,(H,15,18)(H3,14,16,17). The third-order valence-electron chi connectivity index (χ3n) is 2.61. The molecular weight excluding hydrogens is 312 g/mol. The summed E-state index contributed by atoms with van der Waals surface area (Å²) in [4.78, 5) is 12.2. The number of rotatable bonds is 3. The molecule has 2 aromatic rings. The predicted octanol–water partition coefficient (Wildman–Crippen LogP) is 2.32. The Labute approximate surface area is 118 Å². The topological polar surface area (TPSA) is 93.0 Å². The van der Waals surface area contributed by atoms with Crippen LogP contribution in [0.25, 0.3) is 0 Å². The average molecular weight is 325 g/mol. The Bertz CT molecular complexity index is 605. The molecule has 1 aromatic heterocycles. The molecule has 4 N–H and O–H groups in total. The maximum atomic E-state index is 12.2. The molecule has 6 nitrogen and oxygen atoms in total. The smallest absolute Gasteiger partial charge is 0.261 e. The Morgan fingerprint density at radius 1 is 1.53 bits per heavy atom. The minimum absolute atomic E-state index is 0.170. The highest BCUT2D eigenvalue weighted by molar-refractivity contribution is 9.10. The van der Waals surface area contributed by atoms with Gasteiger partial charge in [-0.15, -0.1) is 0 Å². The summed E-state index contributed by atoms with van der Waals surface area (Å²) < 4.78 is 6.02. The zero-order chi connectivity index (χ0) is 14.0. The number of carbonyl (C=O) groups is 1. The number of aromatic amines is 1. The summed E-state index contributed by atoms with van der Waals surface area (Å²) in [5, 5.41) is 9.21. The van der Waals surface area contributed by atoms with Crippen molar-refractivity contribution in [3.8, 4) is 5.75 Å². The van der Waals surface area contributed by atoms with Gasteiger partial charge in [0.2, 0.25) is 0 Å². The van der Waals surface area contributed by atoms with Crippen LogP contribution in [0.1, 0.15) is 16.1 Å². The first-order valence-corrected chi connectivity index (χ1v) is 6.27. The fraction of sp³-hybridized carbons (Fsp3) is 0.167. The summed E-state index contributed by atoms with van der Waals surface area (Å²) in [7, 11) is 1.54. The number of benzene rings is 1. The molecule has 1 heterocycles. The number of nitrogen functional groups attached to an aromatic ring is 1. The van der Waals surface area contributed by atoms with Crippen molar-refractivity contribution >= 4 is 33.3 Å². The lowest BCUT2D eigenvalue weighted by Gasteiger charge is -2.10. The van der Waals surface area contributed by atoms with E-state index in [0.717, 1.165) is 4.47 Å². The lowest BCUT2D eigenvalue weighted by atomic mass is 10.2. The quantitative estimate of drug-likeness (QED) is 0.807. The number of H-pyrrole nitrogens is 1. The maximum Gasteiger partial charge on any atom is 0.261 e. The number of amides is 1. The van der Waals surface area contributed by atoms with Crippen molar-refractivity contribution in [2.45, 2.75) is 6.92 Å². The first-order valence-electron chi connectivity index (χ1n) is 5.48. The number of nitrogens with one attached hydrogen (secondary N) is 2. The van der Waals surface area contributed by atoms with Crippen LogP contribution in [0, 0.1) is 6.92 Å². The highest BCUT2D eigenvalue weighted by atomic mass is 79.9. The van der Waals surface area contributed by atoms with Gasteiger partial charge in [-0.3, -0.25) is 9.89 Å². The first kappa shape index (κ1) is 13.4. The van der Waals surface area contributed by atoms with Gasteiger partial charge in [0.15, 0.2) is 5.82 Å². The van der Waals surface area contributed by atoms with Gasteiger partial charge in [-0.1, -0.05) is 15.9 Å². The number of hydrogen-bond acceptors (Lipinski definition) is 4. The number of anilines is 2. The van der Waals surface area contributed by atoms with E-state index in [0.29, 0.717) is 22.7 Å². The Morgan fingerprint density at radius 3 is 2.84 bits per heavy atom. The molecule has 0 bridgehead atoms. The van der Waals surface area contributed by atoms with Crippen LogP contribution in [0.15, 0.2) is 22.7 Å². The van der Waals surface area contributed by atoms with Crippen molar-refractivity contribution in [1.29, 1.82) is 0 Å². The van der Waals surface area contributed by atoms with E-state index in [4.69, 9.17) is 10.5 Å². The van der Waals surface area contributed by atoms with Crippen molar-refractivity contribution in [1.82, 2.24) is 10.2 Å². The summed E-state index contributed by atoms with van der Waals surface area (Å²) in [6.07, 6.45) is 0. The largest absolute Gasteiger partial charge is 0.495 e. The normalized spacial score (nSPS) is 10.3. The van der Waals surface area contributed by atoms with Crippen LogP contribution in [-0.4, -0.2) is 23.2 Å². The van der Waals surface area contributed by atoms with E-state index in [9.17, 15) is 4.79 Å². The summed E-state index contributed by atoms with van der Waals surface area (Å²) in [6.45, 7) is 1.73. The second kappa shape index (κ2) is 5.31. The molecule has 0 atom stereocenters. The first-order chi connectivity index (χ1) is 9.02. The highest BCUT2D eigenvalue weighted by Crippen LogP contribution is 2.28. The molecule has 0 saturated heterocycles. The maximum absolute atomic E-state index is 12.2. The molecule has 100 valence electrons. The Kier molecular flexibility index (Phi) is 3.75. The van der Waals surface area contributed by atoms with Gasteiger partial charge in [-0.05, 0) is 25.1 Å². The number of ether oxygens (including phenoxy) is 1. The number of halogens is 1. The molecule has 0 saturated carbocycles. The van der Waals surface area contributed by atoms with Gasteiger partial charge in [0.25, 0.3) is 5.91 Å². The molecule has 1 aromatic carbocycles. The SMILES string of the molecule is COc1ccc(Br)cc1NC(=O)c1c(N)n[nH]c1C. The lowest BCUT2D eigenvalue weighted by molar-refractivity contribution is 0.102. The monoisotopic (exact) mass is 324 g/mol. The van der Waals surface area contributed by atoms with Crippen molar-refractivity contribution in [3.05, 3.63) is 33.9 Å². The minimum Gasteiger partial charge on any atom is -0.495 e. The van der Waals surface area contributed by atoms with Crippen LogP contribution in [0.5, 0.6) is 5.75 Å². The molecule has 0 aliphatic rings. The van der Waals surface area contributed by atoms with Gasteiger partial charge in [0, 0.05) is 10.2 Å². The van der Waals surface area contributed by atoms with Crippen LogP contribution >= 0.6 is 15.9 Å². The average Bonchev–Trinajstić information content (AvgIpc) is 2.69. The number of aromatic nitrogens is 2. The third kappa shape index (κ3) is 2.70. The van der Waals surface area contributed by atoms with E-state index < -0.39 is 0 Å². The van der Waals surface area contributed by atoms with E-state index in [-0.39, 0.29) is 11.7 Å². The van der Waals surface area contributed by atoms with Crippen molar-refractivity contribution in [2.24, 2.45) is 0 Å². The van der Waals surface area contributed by atoms with Crippen LogP contribution in [-0.2, 0) is 0 Å². The van der Waals surface area contributed by atoms with Gasteiger partial charge in [-0.2, -0.15) is 5.10 Å². The number of carbonyl (C=O) groups excluding carboxylic acids is 1. The van der Waals surface area contributed by atoms with Crippen molar-refractivity contribution in [3.63, 3.8) is 0 Å². The van der Waals surface area contributed by atoms with Gasteiger partial charge in [-0.25, -0.2) is 0 Å². The molecule has 0 radical (unpaired) electrons. The fourth-order valence-electron chi connectivity index (χ4n) is 1.70. The summed E-state index contributed by atoms with van der Waals surface area (Å²) >= 11 is 3.34. The van der Waals surface area contributed by atoms with Gasteiger partial charge in [0.1, 0.15) is 11.3 Å². The van der Waals surface area contributed by atoms with E-state index >= 15 is 0 Å². The van der Waals surface area contributed by atoms with Crippen LogP contribution in [0.3, 0.4) is 0 Å². The fourth-order valence-corrected chi connectivity index (χ4v) is 2.06. The minimum atomic E-state index is -0.333. The molecule has 19 heavy (non-hydrogen) atoms. The van der Waals surface area contributed by atoms with Crippen LogP contribution < -0.4 is 15.8 Å². The summed E-state index contributed by atoms with van der Waals surface area (Å²) in [5.41, 5.74) is 7.16. The molecule has 0 unspecified atom stereocenters. The number of methoxy groups -OCH3 is 1. The van der Waals surface area contributed by atoms with Crippen LogP contribution in [0.4, 0.5) is 11.5 Å². The Hall–Kier alpha value is -2.02. The van der Waals surface area contributed by atoms with E-state index in [1.807, 2.05) is 6.07 Å². The predicted molar refractivity (Wildman–Crippen MR) is 76.4 cm³/mol. The molecule has 2 rings (SSSR count). The van der Waals surface area contributed by atoms with E-state index in [1.165, 1.54) is 7.11 Å². The van der Waals surface area contributed by atoms with Gasteiger partial charge < -0.3 is 15.8 Å². The zero-order valence-electron chi connectivity index (χ0n) is 10.5. The highest BCUT2D eigenvalue weighted by Gasteiger charge is 2.17. The summed E-state index contributed by atoms with van der Waals surface area (Å²) in [5.74, 6) is 0.403. The lowest BCUT2D eigenvalue weighted by Crippen LogP contribution is -2.14. The molecule has 0 spiro atoms. The number of aryl methyl sites for hydroxylation is 1. The Balaban J connectivity index is 2.31. The molecule has 0 aliphatic carbocycles. The molecule has 0 fully saturated rings.